The molecule has 2 N–H and O–H groups in total. The molecule has 16 heavy (non-hydrogen) atoms. The van der Waals surface area contributed by atoms with Crippen LogP contribution in [-0.2, 0) is 6.42 Å². The molecule has 88 valence electrons. The van der Waals surface area contributed by atoms with Crippen molar-refractivity contribution >= 4 is 0 Å². The van der Waals surface area contributed by atoms with Gasteiger partial charge in [0.25, 0.3) is 0 Å². The number of nitrogens with one attached hydrogen (secondary N) is 2. The Bertz CT molecular complexity index is 321. The van der Waals surface area contributed by atoms with E-state index < -0.39 is 0 Å². The Morgan fingerprint density at radius 3 is 2.19 bits per heavy atom. The van der Waals surface area contributed by atoms with Gasteiger partial charge in [-0.05, 0) is 24.3 Å². The summed E-state index contributed by atoms with van der Waals surface area (Å²) in [5.74, 6) is 0. The van der Waals surface area contributed by atoms with Crippen molar-refractivity contribution in [2.75, 3.05) is 26.2 Å². The second-order valence-electron chi connectivity index (χ2n) is 5.33. The van der Waals surface area contributed by atoms with Gasteiger partial charge in [-0.25, -0.2) is 0 Å². The maximum Gasteiger partial charge on any atom is 0.00769 e. The van der Waals surface area contributed by atoms with Crippen molar-refractivity contribution in [2.45, 2.75) is 20.3 Å². The largest absolute Gasteiger partial charge is 0.315 e. The van der Waals surface area contributed by atoms with Crippen molar-refractivity contribution in [3.8, 4) is 0 Å². The van der Waals surface area contributed by atoms with Crippen molar-refractivity contribution in [1.82, 2.24) is 10.6 Å². The van der Waals surface area contributed by atoms with Crippen LogP contribution in [0.15, 0.2) is 24.3 Å². The van der Waals surface area contributed by atoms with E-state index in [-0.39, 0.29) is 0 Å². The first-order chi connectivity index (χ1) is 7.68. The van der Waals surface area contributed by atoms with Crippen LogP contribution in [0.4, 0.5) is 0 Å². The van der Waals surface area contributed by atoms with Crippen molar-refractivity contribution in [3.63, 3.8) is 0 Å². The number of aryl methyl sites for hydroxylation is 1. The van der Waals surface area contributed by atoms with Crippen LogP contribution in [-0.4, -0.2) is 26.2 Å². The Kier molecular flexibility index (Phi) is 3.62. The third kappa shape index (κ3) is 3.06. The third-order valence-electron chi connectivity index (χ3n) is 3.33. The molecule has 0 saturated carbocycles. The second kappa shape index (κ2) is 4.98. The van der Waals surface area contributed by atoms with E-state index in [1.165, 1.54) is 11.1 Å². The first-order valence-electron chi connectivity index (χ1n) is 6.15. The summed E-state index contributed by atoms with van der Waals surface area (Å²) in [6, 6.07) is 8.92. The van der Waals surface area contributed by atoms with Gasteiger partial charge in [0.15, 0.2) is 0 Å². The molecule has 2 heteroatoms. The smallest absolute Gasteiger partial charge is 0.00769 e. The summed E-state index contributed by atoms with van der Waals surface area (Å²) >= 11 is 0. The average molecular weight is 218 g/mol. The molecule has 0 aliphatic carbocycles. The van der Waals surface area contributed by atoms with Gasteiger partial charge < -0.3 is 10.6 Å². The fourth-order valence-electron chi connectivity index (χ4n) is 2.34. The minimum absolute atomic E-state index is 0.339. The summed E-state index contributed by atoms with van der Waals surface area (Å²) in [5, 5.41) is 7.01. The van der Waals surface area contributed by atoms with E-state index in [4.69, 9.17) is 0 Å². The molecule has 0 radical (unpaired) electrons. The van der Waals surface area contributed by atoms with E-state index in [9.17, 15) is 0 Å². The molecule has 0 amide bonds. The first kappa shape index (κ1) is 11.6. The molecule has 1 aliphatic heterocycles. The molecular weight excluding hydrogens is 196 g/mol. The molecule has 2 rings (SSSR count). The molecular formula is C14H22N2. The van der Waals surface area contributed by atoms with Gasteiger partial charge in [-0.15, -0.1) is 0 Å². The van der Waals surface area contributed by atoms with E-state index in [0.29, 0.717) is 5.41 Å². The third-order valence-corrected chi connectivity index (χ3v) is 3.33. The maximum absolute atomic E-state index is 3.51. The molecule has 1 aliphatic rings. The van der Waals surface area contributed by atoms with Crippen molar-refractivity contribution in [3.05, 3.63) is 35.4 Å². The van der Waals surface area contributed by atoms with Crippen molar-refractivity contribution < 1.29 is 0 Å². The van der Waals surface area contributed by atoms with Crippen LogP contribution in [0.25, 0.3) is 0 Å². The fourth-order valence-corrected chi connectivity index (χ4v) is 2.34. The standard InChI is InChI=1S/C14H22N2/c1-12-3-5-13(6-4-12)9-14(2)10-15-7-8-16-11-14/h3-6,15-16H,7-11H2,1-2H3. The molecule has 0 atom stereocenters. The SMILES string of the molecule is Cc1ccc(CC2(C)CNCCNC2)cc1. The van der Waals surface area contributed by atoms with Crippen molar-refractivity contribution in [2.24, 2.45) is 5.41 Å². The van der Waals surface area contributed by atoms with E-state index in [1.54, 1.807) is 0 Å². The van der Waals surface area contributed by atoms with Gasteiger partial charge in [-0.3, -0.25) is 0 Å². The monoisotopic (exact) mass is 218 g/mol. The lowest BCUT2D eigenvalue weighted by Gasteiger charge is -2.28. The molecule has 0 aromatic heterocycles. The molecule has 1 aromatic carbocycles. The summed E-state index contributed by atoms with van der Waals surface area (Å²) in [6.45, 7) is 8.88. The van der Waals surface area contributed by atoms with Crippen molar-refractivity contribution in [1.29, 1.82) is 0 Å². The molecule has 0 unspecified atom stereocenters. The van der Waals surface area contributed by atoms with Gasteiger partial charge >= 0.3 is 0 Å². The van der Waals surface area contributed by atoms with Gasteiger partial charge in [-0.1, -0.05) is 36.8 Å². The zero-order valence-electron chi connectivity index (χ0n) is 10.3. The van der Waals surface area contributed by atoms with Gasteiger partial charge in [0, 0.05) is 26.2 Å². The predicted octanol–water partition coefficient (Wildman–Crippen LogP) is 1.74. The Labute approximate surface area is 98.4 Å². The summed E-state index contributed by atoms with van der Waals surface area (Å²) in [5.41, 5.74) is 3.12. The molecule has 1 saturated heterocycles. The summed E-state index contributed by atoms with van der Waals surface area (Å²) in [7, 11) is 0. The number of hydrogen-bond donors (Lipinski definition) is 2. The topological polar surface area (TPSA) is 24.1 Å². The lowest BCUT2D eigenvalue weighted by molar-refractivity contribution is 0.315. The van der Waals surface area contributed by atoms with Gasteiger partial charge in [0.05, 0.1) is 0 Å². The predicted molar refractivity (Wildman–Crippen MR) is 68.7 cm³/mol. The number of benzene rings is 1. The lowest BCUT2D eigenvalue weighted by Crippen LogP contribution is -2.37. The highest BCUT2D eigenvalue weighted by molar-refractivity contribution is 5.22. The number of rotatable bonds is 2. The minimum Gasteiger partial charge on any atom is -0.315 e. The zero-order valence-corrected chi connectivity index (χ0v) is 10.3. The highest BCUT2D eigenvalue weighted by Gasteiger charge is 2.25. The lowest BCUT2D eigenvalue weighted by atomic mass is 9.83. The Morgan fingerprint density at radius 1 is 1.06 bits per heavy atom. The second-order valence-corrected chi connectivity index (χ2v) is 5.33. The normalized spacial score (nSPS) is 20.4. The summed E-state index contributed by atoms with van der Waals surface area (Å²) < 4.78 is 0. The quantitative estimate of drug-likeness (QED) is 0.790. The minimum atomic E-state index is 0.339. The molecule has 1 fully saturated rings. The summed E-state index contributed by atoms with van der Waals surface area (Å²) in [6.07, 6.45) is 1.15. The molecule has 0 bridgehead atoms. The molecule has 2 nitrogen and oxygen atoms in total. The van der Waals surface area contributed by atoms with Crippen LogP contribution in [0, 0.1) is 12.3 Å². The van der Waals surface area contributed by atoms with E-state index >= 15 is 0 Å². The molecule has 1 aromatic rings. The fraction of sp³-hybridized carbons (Fsp3) is 0.571. The first-order valence-corrected chi connectivity index (χ1v) is 6.15. The van der Waals surface area contributed by atoms with E-state index in [1.807, 2.05) is 0 Å². The van der Waals surface area contributed by atoms with Gasteiger partial charge in [-0.2, -0.15) is 0 Å². The Hall–Kier alpha value is -0.860. The van der Waals surface area contributed by atoms with Crippen LogP contribution in [0.1, 0.15) is 18.1 Å². The number of hydrogen-bond acceptors (Lipinski definition) is 2. The van der Waals surface area contributed by atoms with Crippen LogP contribution < -0.4 is 10.6 Å². The van der Waals surface area contributed by atoms with Crippen LogP contribution >= 0.6 is 0 Å². The molecule has 1 heterocycles. The van der Waals surface area contributed by atoms with Gasteiger partial charge in [0.2, 0.25) is 0 Å². The summed E-state index contributed by atoms with van der Waals surface area (Å²) in [4.78, 5) is 0. The average Bonchev–Trinajstić information content (AvgIpc) is 2.47. The highest BCUT2D eigenvalue weighted by Crippen LogP contribution is 2.22. The van der Waals surface area contributed by atoms with Gasteiger partial charge in [0.1, 0.15) is 0 Å². The highest BCUT2D eigenvalue weighted by atomic mass is 15.0. The van der Waals surface area contributed by atoms with Crippen LogP contribution in [0.5, 0.6) is 0 Å². The zero-order chi connectivity index (χ0) is 11.4. The van der Waals surface area contributed by atoms with E-state index in [2.05, 4.69) is 48.7 Å². The van der Waals surface area contributed by atoms with Crippen LogP contribution in [0.3, 0.4) is 0 Å². The Balaban J connectivity index is 2.04. The molecule has 0 spiro atoms. The maximum atomic E-state index is 3.51. The van der Waals surface area contributed by atoms with Crippen LogP contribution in [0.2, 0.25) is 0 Å². The van der Waals surface area contributed by atoms with E-state index in [0.717, 1.165) is 32.6 Å². The Morgan fingerprint density at radius 2 is 1.62 bits per heavy atom.